The maximum absolute atomic E-state index is 12.1. The first-order valence-electron chi connectivity index (χ1n) is 7.92. The van der Waals surface area contributed by atoms with E-state index >= 15 is 0 Å². The van der Waals surface area contributed by atoms with Gasteiger partial charge in [-0.05, 0) is 35.9 Å². The highest BCUT2D eigenvalue weighted by atomic mass is 35.5. The molecule has 1 amide bonds. The summed E-state index contributed by atoms with van der Waals surface area (Å²) in [5.41, 5.74) is 1.61. The van der Waals surface area contributed by atoms with Crippen molar-refractivity contribution in [3.63, 3.8) is 0 Å². The number of benzene rings is 2. The molecule has 0 aliphatic heterocycles. The van der Waals surface area contributed by atoms with Gasteiger partial charge in [-0.3, -0.25) is 4.79 Å². The second-order valence-electron chi connectivity index (χ2n) is 5.52. The number of nitrogens with zero attached hydrogens (tertiary/aromatic N) is 1. The van der Waals surface area contributed by atoms with Gasteiger partial charge in [-0.25, -0.2) is 4.98 Å². The zero-order chi connectivity index (χ0) is 18.4. The van der Waals surface area contributed by atoms with Crippen LogP contribution in [0.2, 0.25) is 10.0 Å². The zero-order valence-electron chi connectivity index (χ0n) is 13.7. The fourth-order valence-electron chi connectivity index (χ4n) is 2.23. The van der Waals surface area contributed by atoms with E-state index in [9.17, 15) is 4.79 Å². The summed E-state index contributed by atoms with van der Waals surface area (Å²) in [5.74, 6) is 0.629. The zero-order valence-corrected chi connectivity index (χ0v) is 16.1. The average Bonchev–Trinajstić information content (AvgIpc) is 3.08. The number of thiazole rings is 1. The van der Waals surface area contributed by atoms with Gasteiger partial charge in [-0.1, -0.05) is 41.4 Å². The summed E-state index contributed by atoms with van der Waals surface area (Å²) in [6.07, 6.45) is 0.224. The van der Waals surface area contributed by atoms with Crippen LogP contribution >= 0.6 is 34.5 Å². The van der Waals surface area contributed by atoms with Crippen LogP contribution in [-0.4, -0.2) is 10.9 Å². The highest BCUT2D eigenvalue weighted by Crippen LogP contribution is 2.18. The van der Waals surface area contributed by atoms with E-state index in [1.54, 1.807) is 30.3 Å². The number of hydrogen-bond acceptors (Lipinski definition) is 4. The van der Waals surface area contributed by atoms with Crippen molar-refractivity contribution >= 4 is 40.4 Å². The Labute approximate surface area is 165 Å². The molecule has 1 N–H and O–H groups in total. The van der Waals surface area contributed by atoms with E-state index in [-0.39, 0.29) is 12.3 Å². The molecule has 0 aliphatic rings. The average molecular weight is 407 g/mol. The van der Waals surface area contributed by atoms with E-state index in [0.717, 1.165) is 22.0 Å². The van der Waals surface area contributed by atoms with E-state index in [2.05, 4.69) is 10.3 Å². The first-order chi connectivity index (χ1) is 12.6. The topological polar surface area (TPSA) is 51.2 Å². The van der Waals surface area contributed by atoms with Crippen molar-refractivity contribution in [2.24, 2.45) is 0 Å². The number of hydrogen-bond donors (Lipinski definition) is 1. The summed E-state index contributed by atoms with van der Waals surface area (Å²) in [4.78, 5) is 16.5. The quantitative estimate of drug-likeness (QED) is 0.607. The number of halogens is 2. The summed E-state index contributed by atoms with van der Waals surface area (Å²) in [7, 11) is 0. The predicted molar refractivity (Wildman–Crippen MR) is 105 cm³/mol. The lowest BCUT2D eigenvalue weighted by Gasteiger charge is -2.06. The molecule has 26 heavy (non-hydrogen) atoms. The minimum atomic E-state index is -0.0969. The van der Waals surface area contributed by atoms with E-state index in [0.29, 0.717) is 23.2 Å². The van der Waals surface area contributed by atoms with E-state index in [4.69, 9.17) is 27.9 Å². The number of rotatable bonds is 7. The van der Waals surface area contributed by atoms with Crippen molar-refractivity contribution in [1.82, 2.24) is 10.3 Å². The Morgan fingerprint density at radius 1 is 1.12 bits per heavy atom. The number of carbonyl (C=O) groups excluding carboxylic acids is 1. The van der Waals surface area contributed by atoms with Gasteiger partial charge in [0.05, 0.1) is 12.1 Å². The van der Waals surface area contributed by atoms with Crippen molar-refractivity contribution in [3.8, 4) is 5.75 Å². The van der Waals surface area contributed by atoms with Crippen LogP contribution in [0.15, 0.2) is 53.9 Å². The molecule has 0 aliphatic carbocycles. The molecule has 0 radical (unpaired) electrons. The van der Waals surface area contributed by atoms with Crippen LogP contribution in [0.25, 0.3) is 0 Å². The Hall–Kier alpha value is -2.08. The number of aromatic nitrogens is 1. The fourth-order valence-corrected chi connectivity index (χ4v) is 3.27. The van der Waals surface area contributed by atoms with E-state index < -0.39 is 0 Å². The van der Waals surface area contributed by atoms with Gasteiger partial charge in [0.25, 0.3) is 0 Å². The van der Waals surface area contributed by atoms with Crippen molar-refractivity contribution in [3.05, 3.63) is 80.2 Å². The second kappa shape index (κ2) is 9.03. The molecule has 0 spiro atoms. The normalized spacial score (nSPS) is 10.5. The molecule has 134 valence electrons. The standard InChI is InChI=1S/C19H16Cl2N2O2S/c20-14-5-7-16(8-6-14)25-11-19-23-15(12-26-19)9-18(24)22-10-13-3-1-2-4-17(13)21/h1-8,12H,9-11H2,(H,22,24). The van der Waals surface area contributed by atoms with Crippen LogP contribution in [0.3, 0.4) is 0 Å². The third kappa shape index (κ3) is 5.46. The minimum absolute atomic E-state index is 0.0969. The van der Waals surface area contributed by atoms with Crippen LogP contribution in [0.5, 0.6) is 5.75 Å². The van der Waals surface area contributed by atoms with Gasteiger partial charge in [0.2, 0.25) is 5.91 Å². The lowest BCUT2D eigenvalue weighted by Crippen LogP contribution is -2.24. The fraction of sp³-hybridized carbons (Fsp3) is 0.158. The Balaban J connectivity index is 1.47. The van der Waals surface area contributed by atoms with E-state index in [1.165, 1.54) is 11.3 Å². The molecule has 0 unspecified atom stereocenters. The molecular formula is C19H16Cl2N2O2S. The maximum atomic E-state index is 12.1. The van der Waals surface area contributed by atoms with Crippen molar-refractivity contribution in [2.45, 2.75) is 19.6 Å². The number of ether oxygens (including phenoxy) is 1. The summed E-state index contributed by atoms with van der Waals surface area (Å²) in [6, 6.07) is 14.6. The molecular weight excluding hydrogens is 391 g/mol. The molecule has 7 heteroatoms. The minimum Gasteiger partial charge on any atom is -0.486 e. The van der Waals surface area contributed by atoms with Gasteiger partial charge in [-0.2, -0.15) is 0 Å². The Morgan fingerprint density at radius 3 is 2.65 bits per heavy atom. The molecule has 2 aromatic carbocycles. The van der Waals surface area contributed by atoms with Crippen LogP contribution in [0.4, 0.5) is 0 Å². The van der Waals surface area contributed by atoms with Crippen molar-refractivity contribution in [1.29, 1.82) is 0 Å². The smallest absolute Gasteiger partial charge is 0.226 e. The van der Waals surface area contributed by atoms with Gasteiger partial charge in [-0.15, -0.1) is 11.3 Å². The molecule has 0 fully saturated rings. The Morgan fingerprint density at radius 2 is 1.88 bits per heavy atom. The third-order valence-electron chi connectivity index (χ3n) is 3.55. The lowest BCUT2D eigenvalue weighted by atomic mass is 10.2. The van der Waals surface area contributed by atoms with Crippen LogP contribution in [0, 0.1) is 0 Å². The van der Waals surface area contributed by atoms with E-state index in [1.807, 2.05) is 23.6 Å². The molecule has 0 saturated carbocycles. The van der Waals surface area contributed by atoms with Gasteiger partial charge in [0.1, 0.15) is 17.4 Å². The van der Waals surface area contributed by atoms with Gasteiger partial charge in [0.15, 0.2) is 0 Å². The van der Waals surface area contributed by atoms with Crippen LogP contribution < -0.4 is 10.1 Å². The molecule has 1 heterocycles. The number of carbonyl (C=O) groups is 1. The highest BCUT2D eigenvalue weighted by molar-refractivity contribution is 7.09. The number of nitrogens with one attached hydrogen (secondary N) is 1. The highest BCUT2D eigenvalue weighted by Gasteiger charge is 2.09. The summed E-state index contributed by atoms with van der Waals surface area (Å²) < 4.78 is 5.66. The summed E-state index contributed by atoms with van der Waals surface area (Å²) >= 11 is 13.4. The first-order valence-corrected chi connectivity index (χ1v) is 9.55. The Kier molecular flexibility index (Phi) is 6.50. The van der Waals surface area contributed by atoms with Crippen LogP contribution in [-0.2, 0) is 24.4 Å². The SMILES string of the molecule is O=C(Cc1csc(COc2ccc(Cl)cc2)n1)NCc1ccccc1Cl. The Bertz CT molecular complexity index is 881. The lowest BCUT2D eigenvalue weighted by molar-refractivity contribution is -0.120. The molecule has 1 aromatic heterocycles. The second-order valence-corrected chi connectivity index (χ2v) is 7.31. The van der Waals surface area contributed by atoms with Crippen LogP contribution in [0.1, 0.15) is 16.3 Å². The molecule has 0 atom stereocenters. The number of amides is 1. The molecule has 0 bridgehead atoms. The van der Waals surface area contributed by atoms with Gasteiger partial charge >= 0.3 is 0 Å². The first kappa shape index (κ1) is 18.7. The van der Waals surface area contributed by atoms with Gasteiger partial charge in [0, 0.05) is 22.0 Å². The summed E-state index contributed by atoms with van der Waals surface area (Å²) in [6.45, 7) is 0.753. The largest absolute Gasteiger partial charge is 0.486 e. The molecule has 3 rings (SSSR count). The van der Waals surface area contributed by atoms with Crippen molar-refractivity contribution < 1.29 is 9.53 Å². The third-order valence-corrected chi connectivity index (χ3v) is 5.04. The monoisotopic (exact) mass is 406 g/mol. The summed E-state index contributed by atoms with van der Waals surface area (Å²) in [5, 5.41) is 6.85. The van der Waals surface area contributed by atoms with Gasteiger partial charge < -0.3 is 10.1 Å². The molecule has 4 nitrogen and oxygen atoms in total. The maximum Gasteiger partial charge on any atom is 0.226 e. The molecule has 3 aromatic rings. The molecule has 0 saturated heterocycles. The van der Waals surface area contributed by atoms with Crippen molar-refractivity contribution in [2.75, 3.05) is 0 Å². The predicted octanol–water partition coefficient (Wildman–Crippen LogP) is 4.89.